The number of hydrogen-bond donors (Lipinski definition) is 0. The van der Waals surface area contributed by atoms with Gasteiger partial charge in [-0.3, -0.25) is 0 Å². The van der Waals surface area contributed by atoms with E-state index in [4.69, 9.17) is 4.42 Å². The van der Waals surface area contributed by atoms with Crippen molar-refractivity contribution >= 4 is 70.5 Å². The first-order valence-corrected chi connectivity index (χ1v) is 16.9. The van der Waals surface area contributed by atoms with Gasteiger partial charge in [-0.2, -0.15) is 0 Å². The number of hydrogen-bond acceptors (Lipinski definition) is 3. The molecular weight excluding hydrogens is 591 g/mol. The molecule has 222 valence electrons. The molecule has 0 atom stereocenters. The zero-order chi connectivity index (χ0) is 31.1. The molecule has 0 fully saturated rings. The highest BCUT2D eigenvalue weighted by atomic mass is 32.1. The van der Waals surface area contributed by atoms with Crippen LogP contribution in [0.4, 0.5) is 17.1 Å². The monoisotopic (exact) mass is 619 g/mol. The minimum absolute atomic E-state index is 0.355. The van der Waals surface area contributed by atoms with E-state index in [1.54, 1.807) is 0 Å². The minimum atomic E-state index is -0.355. The second-order valence-electron chi connectivity index (χ2n) is 12.6. The molecule has 7 aromatic carbocycles. The Hall–Kier alpha value is -5.64. The highest BCUT2D eigenvalue weighted by Crippen LogP contribution is 2.54. The van der Waals surface area contributed by atoms with Gasteiger partial charge in [0.05, 0.1) is 5.69 Å². The molecule has 2 aromatic heterocycles. The quantitative estimate of drug-likeness (QED) is 0.195. The zero-order valence-electron chi connectivity index (χ0n) is 25.8. The van der Waals surface area contributed by atoms with Gasteiger partial charge in [-0.25, -0.2) is 0 Å². The Morgan fingerprint density at radius 1 is 0.468 bits per heavy atom. The van der Waals surface area contributed by atoms with E-state index < -0.39 is 0 Å². The molecular formula is C44H29NOS. The van der Waals surface area contributed by atoms with Crippen LogP contribution < -0.4 is 4.90 Å². The maximum absolute atomic E-state index is 7.14. The first kappa shape index (κ1) is 26.6. The van der Waals surface area contributed by atoms with Gasteiger partial charge in [0, 0.05) is 53.3 Å². The number of nitrogens with zero attached hydrogens (tertiary/aromatic N) is 1. The predicted octanol–water partition coefficient (Wildman–Crippen LogP) is 12.8. The van der Waals surface area contributed by atoms with Crippen LogP contribution in [0.5, 0.6) is 0 Å². The third-order valence-electron chi connectivity index (χ3n) is 10.1. The van der Waals surface area contributed by atoms with E-state index in [1.807, 2.05) is 11.3 Å². The van der Waals surface area contributed by atoms with E-state index in [0.29, 0.717) is 0 Å². The van der Waals surface area contributed by atoms with E-state index in [-0.39, 0.29) is 5.41 Å². The molecule has 2 nitrogen and oxygen atoms in total. The summed E-state index contributed by atoms with van der Waals surface area (Å²) in [5.74, 6) is 0. The predicted molar refractivity (Wildman–Crippen MR) is 199 cm³/mol. The van der Waals surface area contributed by atoms with E-state index in [0.717, 1.165) is 39.0 Å². The van der Waals surface area contributed by atoms with Gasteiger partial charge in [0.1, 0.15) is 5.58 Å². The van der Waals surface area contributed by atoms with Gasteiger partial charge in [-0.05, 0) is 65.6 Å². The molecule has 0 N–H and O–H groups in total. The van der Waals surface area contributed by atoms with Crippen LogP contribution in [0.1, 0.15) is 23.6 Å². The third-order valence-corrected chi connectivity index (χ3v) is 11.3. The minimum Gasteiger partial charge on any atom is -0.454 e. The number of furan rings is 1. The van der Waals surface area contributed by atoms with Crippen molar-refractivity contribution in [2.45, 2.75) is 12.3 Å². The lowest BCUT2D eigenvalue weighted by Crippen LogP contribution is -2.22. The molecule has 0 radical (unpaired) electrons. The van der Waals surface area contributed by atoms with Crippen molar-refractivity contribution in [2.75, 3.05) is 4.90 Å². The van der Waals surface area contributed by atoms with Crippen molar-refractivity contribution in [2.24, 2.45) is 0 Å². The smallest absolute Gasteiger partial charge is 0.159 e. The lowest BCUT2D eigenvalue weighted by molar-refractivity contribution is 0.638. The number of para-hydroxylation sites is 3. The van der Waals surface area contributed by atoms with E-state index in [1.165, 1.54) is 48.0 Å². The molecule has 0 amide bonds. The average Bonchev–Trinajstić information content (AvgIpc) is 3.78. The molecule has 1 aliphatic carbocycles. The van der Waals surface area contributed by atoms with Crippen LogP contribution in [0, 0.1) is 0 Å². The molecule has 10 rings (SSSR count). The molecule has 3 heteroatoms. The Kier molecular flexibility index (Phi) is 5.61. The van der Waals surface area contributed by atoms with Gasteiger partial charge in [0.25, 0.3) is 0 Å². The summed E-state index contributed by atoms with van der Waals surface area (Å²) in [5, 5.41) is 4.85. The van der Waals surface area contributed by atoms with Gasteiger partial charge in [0.15, 0.2) is 5.58 Å². The summed E-state index contributed by atoms with van der Waals surface area (Å²) in [6, 6.07) is 57.0. The lowest BCUT2D eigenvalue weighted by atomic mass is 9.74. The number of anilines is 3. The number of thiophene rings is 1. The van der Waals surface area contributed by atoms with Crippen molar-refractivity contribution in [1.29, 1.82) is 0 Å². The topological polar surface area (TPSA) is 16.4 Å². The SMILES string of the molecule is CC1(c2cccc3c2oc2c(N(c4ccccc4)c4ccc5c(c4)sc4ccccc45)cccc23)c2ccccc2-c2ccccc21. The summed E-state index contributed by atoms with van der Waals surface area (Å²) in [6.07, 6.45) is 0. The van der Waals surface area contributed by atoms with Crippen LogP contribution in [0.15, 0.2) is 162 Å². The molecule has 9 aromatic rings. The Labute approximate surface area is 276 Å². The zero-order valence-corrected chi connectivity index (χ0v) is 26.6. The Morgan fingerprint density at radius 3 is 1.85 bits per heavy atom. The largest absolute Gasteiger partial charge is 0.454 e. The highest BCUT2D eigenvalue weighted by Gasteiger charge is 2.42. The van der Waals surface area contributed by atoms with Gasteiger partial charge >= 0.3 is 0 Å². The average molecular weight is 620 g/mol. The fraction of sp³-hybridized carbons (Fsp3) is 0.0455. The standard InChI is InChI=1S/C44H29NOS/c1-44(36-20-8-5-15-30(36)31-16-6-9-21-37(31)44)38-22-11-18-34-35-19-12-23-39(43(35)46-42(34)38)45(28-13-3-2-4-14-28)29-25-26-33-32-17-7-10-24-40(32)47-41(33)27-29/h2-27H,1H3. The van der Waals surface area contributed by atoms with Gasteiger partial charge in [0.2, 0.25) is 0 Å². The number of rotatable bonds is 4. The fourth-order valence-electron chi connectivity index (χ4n) is 7.98. The van der Waals surface area contributed by atoms with Gasteiger partial charge in [-0.15, -0.1) is 11.3 Å². The number of benzene rings is 7. The fourth-order valence-corrected chi connectivity index (χ4v) is 9.12. The molecule has 1 aliphatic rings. The van der Waals surface area contributed by atoms with Crippen LogP contribution in [0.3, 0.4) is 0 Å². The normalized spacial score (nSPS) is 13.4. The summed E-state index contributed by atoms with van der Waals surface area (Å²) in [4.78, 5) is 2.34. The molecule has 47 heavy (non-hydrogen) atoms. The van der Waals surface area contributed by atoms with Crippen LogP contribution in [-0.4, -0.2) is 0 Å². The third kappa shape index (κ3) is 3.72. The first-order valence-electron chi connectivity index (χ1n) is 16.1. The Bertz CT molecular complexity index is 2620. The first-order chi connectivity index (χ1) is 23.2. The van der Waals surface area contributed by atoms with E-state index >= 15 is 0 Å². The summed E-state index contributed by atoms with van der Waals surface area (Å²) >= 11 is 1.85. The second-order valence-corrected chi connectivity index (χ2v) is 13.7. The van der Waals surface area contributed by atoms with Crippen molar-refractivity contribution in [3.05, 3.63) is 174 Å². The molecule has 0 spiro atoms. The van der Waals surface area contributed by atoms with Crippen molar-refractivity contribution in [1.82, 2.24) is 0 Å². The molecule has 0 unspecified atom stereocenters. The molecule has 0 aliphatic heterocycles. The summed E-state index contributed by atoms with van der Waals surface area (Å²) in [6.45, 7) is 2.36. The van der Waals surface area contributed by atoms with Crippen LogP contribution in [0.2, 0.25) is 0 Å². The second kappa shape index (κ2) is 9.93. The van der Waals surface area contributed by atoms with Crippen molar-refractivity contribution in [3.63, 3.8) is 0 Å². The van der Waals surface area contributed by atoms with Crippen molar-refractivity contribution in [3.8, 4) is 11.1 Å². The van der Waals surface area contributed by atoms with Crippen LogP contribution >= 0.6 is 11.3 Å². The number of fused-ring (bicyclic) bond motifs is 9. The molecule has 2 heterocycles. The van der Waals surface area contributed by atoms with Crippen molar-refractivity contribution < 1.29 is 4.42 Å². The molecule has 0 bridgehead atoms. The summed E-state index contributed by atoms with van der Waals surface area (Å²) < 4.78 is 9.72. The summed E-state index contributed by atoms with van der Waals surface area (Å²) in [5.41, 5.74) is 11.1. The maximum Gasteiger partial charge on any atom is 0.159 e. The van der Waals surface area contributed by atoms with Gasteiger partial charge < -0.3 is 9.32 Å². The molecule has 0 saturated heterocycles. The van der Waals surface area contributed by atoms with Gasteiger partial charge in [-0.1, -0.05) is 121 Å². The highest BCUT2D eigenvalue weighted by molar-refractivity contribution is 7.25. The maximum atomic E-state index is 7.14. The Balaban J connectivity index is 1.23. The summed E-state index contributed by atoms with van der Waals surface area (Å²) in [7, 11) is 0. The van der Waals surface area contributed by atoms with E-state index in [2.05, 4.69) is 170 Å². The van der Waals surface area contributed by atoms with Crippen LogP contribution in [-0.2, 0) is 5.41 Å². The van der Waals surface area contributed by atoms with Crippen LogP contribution in [0.25, 0.3) is 53.2 Å². The Morgan fingerprint density at radius 2 is 1.06 bits per heavy atom. The molecule has 0 saturated carbocycles. The lowest BCUT2D eigenvalue weighted by Gasteiger charge is -2.28. The van der Waals surface area contributed by atoms with E-state index in [9.17, 15) is 0 Å².